The Morgan fingerprint density at radius 3 is 2.50 bits per heavy atom. The molecular formula is C17H15F2NO3S3. The molecule has 3 aromatic rings. The zero-order valence-electron chi connectivity index (χ0n) is 13.4. The second-order valence-corrected chi connectivity index (χ2v) is 9.41. The first-order valence-electron chi connectivity index (χ1n) is 7.53. The minimum absolute atomic E-state index is 0.0368. The number of benzene rings is 1. The average molecular weight is 416 g/mol. The third kappa shape index (κ3) is 4.95. The van der Waals surface area contributed by atoms with Gasteiger partial charge >= 0.3 is 0 Å². The molecule has 0 aliphatic rings. The van der Waals surface area contributed by atoms with Gasteiger partial charge in [-0.2, -0.15) is 11.3 Å². The number of sulfonamides is 1. The first kappa shape index (κ1) is 19.1. The lowest BCUT2D eigenvalue weighted by atomic mass is 10.2. The SMILES string of the molecule is O=S(=O)(Cc1cc(F)cc(F)c1)NCc1ccc(C(O)c2ccsc2)s1. The van der Waals surface area contributed by atoms with Gasteiger partial charge in [-0.1, -0.05) is 0 Å². The molecule has 26 heavy (non-hydrogen) atoms. The van der Waals surface area contributed by atoms with Crippen LogP contribution in [0.1, 0.15) is 27.0 Å². The quantitative estimate of drug-likeness (QED) is 0.617. The van der Waals surface area contributed by atoms with Crippen molar-refractivity contribution in [3.63, 3.8) is 0 Å². The van der Waals surface area contributed by atoms with Crippen molar-refractivity contribution >= 4 is 32.7 Å². The summed E-state index contributed by atoms with van der Waals surface area (Å²) in [6.45, 7) is 0.0428. The van der Waals surface area contributed by atoms with Gasteiger partial charge in [0.25, 0.3) is 0 Å². The van der Waals surface area contributed by atoms with E-state index in [1.165, 1.54) is 22.7 Å². The van der Waals surface area contributed by atoms with Gasteiger partial charge in [-0.3, -0.25) is 0 Å². The zero-order valence-corrected chi connectivity index (χ0v) is 15.8. The van der Waals surface area contributed by atoms with Crippen LogP contribution < -0.4 is 4.72 Å². The first-order valence-corrected chi connectivity index (χ1v) is 10.9. The number of hydrogen-bond donors (Lipinski definition) is 2. The van der Waals surface area contributed by atoms with E-state index in [9.17, 15) is 22.3 Å². The molecule has 138 valence electrons. The lowest BCUT2D eigenvalue weighted by molar-refractivity contribution is 0.224. The van der Waals surface area contributed by atoms with E-state index in [1.54, 1.807) is 12.1 Å². The number of hydrogen-bond acceptors (Lipinski definition) is 5. The molecular weight excluding hydrogens is 400 g/mol. The number of aliphatic hydroxyl groups is 1. The van der Waals surface area contributed by atoms with Crippen LogP contribution in [0, 0.1) is 11.6 Å². The summed E-state index contributed by atoms with van der Waals surface area (Å²) >= 11 is 2.78. The van der Waals surface area contributed by atoms with Crippen molar-refractivity contribution in [3.8, 4) is 0 Å². The van der Waals surface area contributed by atoms with Crippen molar-refractivity contribution in [2.24, 2.45) is 0 Å². The normalized spacial score (nSPS) is 13.0. The fourth-order valence-corrected chi connectivity index (χ4v) is 5.20. The van der Waals surface area contributed by atoms with Crippen LogP contribution in [0.3, 0.4) is 0 Å². The van der Waals surface area contributed by atoms with Crippen LogP contribution in [-0.4, -0.2) is 13.5 Å². The van der Waals surface area contributed by atoms with Crippen molar-refractivity contribution in [2.45, 2.75) is 18.4 Å². The molecule has 0 radical (unpaired) electrons. The second kappa shape index (κ2) is 7.93. The highest BCUT2D eigenvalue weighted by Gasteiger charge is 2.16. The maximum Gasteiger partial charge on any atom is 0.216 e. The molecule has 2 aromatic heterocycles. The summed E-state index contributed by atoms with van der Waals surface area (Å²) in [6, 6.07) is 7.98. The first-order chi connectivity index (χ1) is 12.3. The van der Waals surface area contributed by atoms with Crippen LogP contribution in [-0.2, 0) is 22.3 Å². The molecule has 0 bridgehead atoms. The number of halogens is 2. The van der Waals surface area contributed by atoms with Crippen LogP contribution in [0.2, 0.25) is 0 Å². The summed E-state index contributed by atoms with van der Waals surface area (Å²) in [6.07, 6.45) is -0.744. The van der Waals surface area contributed by atoms with Gasteiger partial charge in [0.15, 0.2) is 0 Å². The fourth-order valence-electron chi connectivity index (χ4n) is 2.38. The van der Waals surface area contributed by atoms with Crippen molar-refractivity contribution in [1.82, 2.24) is 4.72 Å². The lowest BCUT2D eigenvalue weighted by Crippen LogP contribution is -2.24. The molecule has 2 heterocycles. The third-order valence-electron chi connectivity index (χ3n) is 3.56. The zero-order chi connectivity index (χ0) is 18.7. The molecule has 0 saturated carbocycles. The van der Waals surface area contributed by atoms with Crippen molar-refractivity contribution in [3.05, 3.63) is 79.7 Å². The Labute approximate surface area is 157 Å². The highest BCUT2D eigenvalue weighted by molar-refractivity contribution is 7.88. The van der Waals surface area contributed by atoms with E-state index in [0.717, 1.165) is 22.6 Å². The molecule has 0 spiro atoms. The summed E-state index contributed by atoms with van der Waals surface area (Å²) in [5, 5.41) is 14.0. The van der Waals surface area contributed by atoms with E-state index in [4.69, 9.17) is 0 Å². The van der Waals surface area contributed by atoms with Gasteiger partial charge in [0.2, 0.25) is 10.0 Å². The molecule has 1 unspecified atom stereocenters. The van der Waals surface area contributed by atoms with Crippen LogP contribution in [0.4, 0.5) is 8.78 Å². The average Bonchev–Trinajstić information content (AvgIpc) is 3.23. The number of rotatable bonds is 7. The maximum atomic E-state index is 13.2. The van der Waals surface area contributed by atoms with Gasteiger partial charge in [-0.05, 0) is 52.2 Å². The van der Waals surface area contributed by atoms with Crippen LogP contribution >= 0.6 is 22.7 Å². The Bertz CT molecular complexity index is 964. The highest BCUT2D eigenvalue weighted by Crippen LogP contribution is 2.29. The van der Waals surface area contributed by atoms with Crippen LogP contribution in [0.15, 0.2) is 47.2 Å². The standard InChI is InChI=1S/C17H15F2NO3S3/c18-13-5-11(6-14(19)7-13)10-26(22,23)20-8-15-1-2-16(25-15)17(21)12-3-4-24-9-12/h1-7,9,17,20-21H,8,10H2. The van der Waals surface area contributed by atoms with E-state index >= 15 is 0 Å². The molecule has 4 nitrogen and oxygen atoms in total. The molecule has 9 heteroatoms. The molecule has 0 saturated heterocycles. The van der Waals surface area contributed by atoms with Crippen molar-refractivity contribution < 1.29 is 22.3 Å². The van der Waals surface area contributed by atoms with E-state index in [0.29, 0.717) is 10.9 Å². The van der Waals surface area contributed by atoms with Crippen molar-refractivity contribution in [1.29, 1.82) is 0 Å². The molecule has 1 atom stereocenters. The lowest BCUT2D eigenvalue weighted by Gasteiger charge is -2.07. The number of aliphatic hydroxyl groups excluding tert-OH is 1. The highest BCUT2D eigenvalue weighted by atomic mass is 32.2. The molecule has 3 rings (SSSR count). The van der Waals surface area contributed by atoms with Gasteiger partial charge in [-0.25, -0.2) is 21.9 Å². The van der Waals surface area contributed by atoms with Crippen LogP contribution in [0.25, 0.3) is 0 Å². The Morgan fingerprint density at radius 1 is 1.12 bits per heavy atom. The largest absolute Gasteiger partial charge is 0.383 e. The monoisotopic (exact) mass is 415 g/mol. The number of nitrogens with one attached hydrogen (secondary N) is 1. The van der Waals surface area contributed by atoms with Crippen LogP contribution in [0.5, 0.6) is 0 Å². The maximum absolute atomic E-state index is 13.2. The van der Waals surface area contributed by atoms with Crippen molar-refractivity contribution in [2.75, 3.05) is 0 Å². The fraction of sp³-hybridized carbons (Fsp3) is 0.176. The number of thiophene rings is 2. The molecule has 0 aliphatic heterocycles. The van der Waals surface area contributed by atoms with Gasteiger partial charge < -0.3 is 5.11 Å². The predicted octanol–water partition coefficient (Wildman–Crippen LogP) is 3.79. The molecule has 2 N–H and O–H groups in total. The summed E-state index contributed by atoms with van der Waals surface area (Å²) in [5.41, 5.74) is 0.826. The topological polar surface area (TPSA) is 66.4 Å². The minimum atomic E-state index is -3.76. The van der Waals surface area contributed by atoms with Gasteiger partial charge in [0.05, 0.1) is 5.75 Å². The summed E-state index contributed by atoms with van der Waals surface area (Å²) in [5.74, 6) is -2.15. The Kier molecular flexibility index (Phi) is 5.83. The Hall–Kier alpha value is -1.65. The van der Waals surface area contributed by atoms with E-state index in [1.807, 2.05) is 16.8 Å². The van der Waals surface area contributed by atoms with E-state index in [-0.39, 0.29) is 12.1 Å². The summed E-state index contributed by atoms with van der Waals surface area (Å²) < 4.78 is 53.0. The van der Waals surface area contributed by atoms with E-state index in [2.05, 4.69) is 4.72 Å². The molecule has 1 aromatic carbocycles. The Balaban J connectivity index is 1.63. The molecule has 0 aliphatic carbocycles. The van der Waals surface area contributed by atoms with Gasteiger partial charge in [0, 0.05) is 22.4 Å². The Morgan fingerprint density at radius 2 is 1.85 bits per heavy atom. The third-order valence-corrected chi connectivity index (χ3v) is 6.69. The molecule has 0 fully saturated rings. The smallest absolute Gasteiger partial charge is 0.216 e. The minimum Gasteiger partial charge on any atom is -0.383 e. The predicted molar refractivity (Wildman–Crippen MR) is 98.5 cm³/mol. The van der Waals surface area contributed by atoms with E-state index < -0.39 is 33.5 Å². The van der Waals surface area contributed by atoms with Gasteiger partial charge in [-0.15, -0.1) is 11.3 Å². The van der Waals surface area contributed by atoms with Gasteiger partial charge in [0.1, 0.15) is 17.7 Å². The molecule has 0 amide bonds. The summed E-state index contributed by atoms with van der Waals surface area (Å²) in [7, 11) is -3.76. The summed E-state index contributed by atoms with van der Waals surface area (Å²) in [4.78, 5) is 1.44. The second-order valence-electron chi connectivity index (χ2n) is 5.62.